The summed E-state index contributed by atoms with van der Waals surface area (Å²) in [7, 11) is 0. The summed E-state index contributed by atoms with van der Waals surface area (Å²) >= 11 is 1.71. The Morgan fingerprint density at radius 3 is 2.44 bits per heavy atom. The first kappa shape index (κ1) is 18.7. The van der Waals surface area contributed by atoms with Gasteiger partial charge in [-0.2, -0.15) is 0 Å². The van der Waals surface area contributed by atoms with Gasteiger partial charge in [-0.15, -0.1) is 11.8 Å². The predicted octanol–water partition coefficient (Wildman–Crippen LogP) is 2.50. The molecule has 1 aromatic carbocycles. The quantitative estimate of drug-likeness (QED) is 0.790. The number of likely N-dealkylation sites (tertiary alicyclic amines) is 2. The summed E-state index contributed by atoms with van der Waals surface area (Å²) in [6.07, 6.45) is 6.42. The molecule has 0 bridgehead atoms. The van der Waals surface area contributed by atoms with E-state index >= 15 is 0 Å². The summed E-state index contributed by atoms with van der Waals surface area (Å²) in [4.78, 5) is 18.4. The molecule has 0 saturated carbocycles. The molecule has 0 aliphatic carbocycles. The summed E-state index contributed by atoms with van der Waals surface area (Å²) in [5.74, 6) is 0.826. The molecule has 0 spiro atoms. The molecule has 2 aliphatic rings. The van der Waals surface area contributed by atoms with Crippen LogP contribution in [0.15, 0.2) is 29.2 Å². The third kappa shape index (κ3) is 4.99. The Balaban J connectivity index is 1.55. The zero-order valence-corrected chi connectivity index (χ0v) is 16.0. The molecule has 1 amide bonds. The maximum absolute atomic E-state index is 12.7. The average Bonchev–Trinajstić information content (AvgIpc) is 3.06. The monoisotopic (exact) mass is 362 g/mol. The molecule has 3 rings (SSSR count). The standard InChI is InChI=1S/C20H30N2O2S/c1-25-19-7-5-16(6-8-19)11-20(24)22-13-17(18(14-22)15-23)12-21-9-3-2-4-10-21/h5-8,17-18,23H,2-4,9-15H2,1H3/t17-,18-/m1/s1. The second-order valence-corrected chi connectivity index (χ2v) is 8.27. The van der Waals surface area contributed by atoms with Gasteiger partial charge in [-0.3, -0.25) is 4.79 Å². The van der Waals surface area contributed by atoms with Gasteiger partial charge in [0, 0.05) is 37.1 Å². The number of piperidine rings is 1. The van der Waals surface area contributed by atoms with Crippen molar-refractivity contribution in [2.75, 3.05) is 45.6 Å². The van der Waals surface area contributed by atoms with Gasteiger partial charge in [0.15, 0.2) is 0 Å². The molecule has 2 saturated heterocycles. The number of carbonyl (C=O) groups excluding carboxylic acids is 1. The fraction of sp³-hybridized carbons (Fsp3) is 0.650. The van der Waals surface area contributed by atoms with Crippen molar-refractivity contribution in [2.24, 2.45) is 11.8 Å². The summed E-state index contributed by atoms with van der Waals surface area (Å²) in [5, 5.41) is 9.75. The van der Waals surface area contributed by atoms with Crippen molar-refractivity contribution in [1.29, 1.82) is 0 Å². The topological polar surface area (TPSA) is 43.8 Å². The smallest absolute Gasteiger partial charge is 0.227 e. The van der Waals surface area contributed by atoms with Gasteiger partial charge in [-0.05, 0) is 55.8 Å². The maximum Gasteiger partial charge on any atom is 0.227 e. The summed E-state index contributed by atoms with van der Waals surface area (Å²) in [6.45, 7) is 5.05. The van der Waals surface area contributed by atoms with Crippen molar-refractivity contribution >= 4 is 17.7 Å². The van der Waals surface area contributed by atoms with E-state index in [0.29, 0.717) is 18.9 Å². The first-order valence-corrected chi connectivity index (χ1v) is 10.7. The van der Waals surface area contributed by atoms with Crippen LogP contribution in [0.25, 0.3) is 0 Å². The van der Waals surface area contributed by atoms with Crippen molar-refractivity contribution in [2.45, 2.75) is 30.6 Å². The third-order valence-corrected chi connectivity index (χ3v) is 6.36. The molecule has 4 nitrogen and oxygen atoms in total. The Morgan fingerprint density at radius 1 is 1.12 bits per heavy atom. The van der Waals surface area contributed by atoms with Crippen LogP contribution in [-0.4, -0.2) is 66.4 Å². The lowest BCUT2D eigenvalue weighted by Gasteiger charge is -2.30. The third-order valence-electron chi connectivity index (χ3n) is 5.62. The molecule has 2 atom stereocenters. The van der Waals surface area contributed by atoms with Crippen LogP contribution in [0.1, 0.15) is 24.8 Å². The molecule has 25 heavy (non-hydrogen) atoms. The second-order valence-electron chi connectivity index (χ2n) is 7.39. The Morgan fingerprint density at radius 2 is 1.80 bits per heavy atom. The highest BCUT2D eigenvalue weighted by Gasteiger charge is 2.35. The van der Waals surface area contributed by atoms with Gasteiger partial charge >= 0.3 is 0 Å². The summed E-state index contributed by atoms with van der Waals surface area (Å²) in [6, 6.07) is 8.25. The first-order chi connectivity index (χ1) is 12.2. The van der Waals surface area contributed by atoms with E-state index in [1.807, 2.05) is 4.90 Å². The normalized spacial score (nSPS) is 24.6. The largest absolute Gasteiger partial charge is 0.396 e. The number of carbonyl (C=O) groups is 1. The van der Waals surface area contributed by atoms with E-state index in [0.717, 1.165) is 18.7 Å². The Bertz CT molecular complexity index is 557. The van der Waals surface area contributed by atoms with Crippen LogP contribution in [0.3, 0.4) is 0 Å². The van der Waals surface area contributed by atoms with Crippen molar-refractivity contribution < 1.29 is 9.90 Å². The highest BCUT2D eigenvalue weighted by atomic mass is 32.2. The lowest BCUT2D eigenvalue weighted by Crippen LogP contribution is -2.37. The van der Waals surface area contributed by atoms with Crippen LogP contribution < -0.4 is 0 Å². The van der Waals surface area contributed by atoms with Gasteiger partial charge < -0.3 is 14.9 Å². The van der Waals surface area contributed by atoms with E-state index in [1.54, 1.807) is 11.8 Å². The molecule has 2 heterocycles. The number of aliphatic hydroxyl groups excluding tert-OH is 1. The molecular weight excluding hydrogens is 332 g/mol. The molecule has 0 radical (unpaired) electrons. The Labute approximate surface area is 155 Å². The predicted molar refractivity (Wildman–Crippen MR) is 103 cm³/mol. The van der Waals surface area contributed by atoms with Crippen molar-refractivity contribution in [1.82, 2.24) is 9.80 Å². The minimum absolute atomic E-state index is 0.185. The van der Waals surface area contributed by atoms with Crippen molar-refractivity contribution in [3.05, 3.63) is 29.8 Å². The molecule has 0 aromatic heterocycles. The molecule has 1 N–H and O–H groups in total. The fourth-order valence-electron chi connectivity index (χ4n) is 4.06. The summed E-state index contributed by atoms with van der Waals surface area (Å²) in [5.41, 5.74) is 1.07. The number of thioether (sulfide) groups is 1. The lowest BCUT2D eigenvalue weighted by molar-refractivity contribution is -0.129. The van der Waals surface area contributed by atoms with Crippen molar-refractivity contribution in [3.63, 3.8) is 0 Å². The molecule has 2 fully saturated rings. The molecule has 138 valence electrons. The number of benzene rings is 1. The SMILES string of the molecule is CSc1ccc(CC(=O)N2C[C@@H](CN3CCCCC3)[C@@H](CO)C2)cc1. The molecule has 5 heteroatoms. The van der Waals surface area contributed by atoms with E-state index in [9.17, 15) is 9.90 Å². The number of rotatable bonds is 6. The lowest BCUT2D eigenvalue weighted by atomic mass is 9.95. The molecule has 0 unspecified atom stereocenters. The van der Waals surface area contributed by atoms with Crippen LogP contribution in [0.2, 0.25) is 0 Å². The molecule has 2 aliphatic heterocycles. The molecule has 1 aromatic rings. The number of hydrogen-bond donors (Lipinski definition) is 1. The van der Waals surface area contributed by atoms with Crippen LogP contribution in [-0.2, 0) is 11.2 Å². The zero-order valence-electron chi connectivity index (χ0n) is 15.2. The van der Waals surface area contributed by atoms with E-state index in [1.165, 1.54) is 37.2 Å². The van der Waals surface area contributed by atoms with Crippen LogP contribution in [0.5, 0.6) is 0 Å². The highest BCUT2D eigenvalue weighted by molar-refractivity contribution is 7.98. The van der Waals surface area contributed by atoms with E-state index in [2.05, 4.69) is 35.4 Å². The van der Waals surface area contributed by atoms with Crippen LogP contribution in [0, 0.1) is 11.8 Å². The maximum atomic E-state index is 12.7. The summed E-state index contributed by atoms with van der Waals surface area (Å²) < 4.78 is 0. The van der Waals surface area contributed by atoms with Crippen LogP contribution >= 0.6 is 11.8 Å². The van der Waals surface area contributed by atoms with E-state index in [-0.39, 0.29) is 18.4 Å². The second kappa shape index (κ2) is 9.06. The van der Waals surface area contributed by atoms with Gasteiger partial charge in [0.1, 0.15) is 0 Å². The average molecular weight is 363 g/mol. The number of aliphatic hydroxyl groups is 1. The first-order valence-electron chi connectivity index (χ1n) is 9.43. The van der Waals surface area contributed by atoms with Crippen LogP contribution in [0.4, 0.5) is 0 Å². The van der Waals surface area contributed by atoms with Gasteiger partial charge in [-0.25, -0.2) is 0 Å². The Kier molecular flexibility index (Phi) is 6.79. The van der Waals surface area contributed by atoms with Gasteiger partial charge in [0.2, 0.25) is 5.91 Å². The number of hydrogen-bond acceptors (Lipinski definition) is 4. The highest BCUT2D eigenvalue weighted by Crippen LogP contribution is 2.26. The fourth-order valence-corrected chi connectivity index (χ4v) is 4.47. The van der Waals surface area contributed by atoms with Gasteiger partial charge in [0.25, 0.3) is 0 Å². The van der Waals surface area contributed by atoms with Gasteiger partial charge in [-0.1, -0.05) is 18.6 Å². The van der Waals surface area contributed by atoms with E-state index in [4.69, 9.17) is 0 Å². The van der Waals surface area contributed by atoms with Gasteiger partial charge in [0.05, 0.1) is 6.42 Å². The molecular formula is C20H30N2O2S. The minimum atomic E-state index is 0.185. The minimum Gasteiger partial charge on any atom is -0.396 e. The van der Waals surface area contributed by atoms with Crippen molar-refractivity contribution in [3.8, 4) is 0 Å². The number of amides is 1. The number of nitrogens with zero attached hydrogens (tertiary/aromatic N) is 2. The zero-order chi connectivity index (χ0) is 17.6. The van der Waals surface area contributed by atoms with E-state index < -0.39 is 0 Å². The Hall–Kier alpha value is -1.04.